The molecule has 132 valence electrons. The van der Waals surface area contributed by atoms with E-state index in [1.807, 2.05) is 30.3 Å². The Hall–Kier alpha value is -2.41. The molecule has 0 amide bonds. The zero-order valence-electron chi connectivity index (χ0n) is 13.9. The summed E-state index contributed by atoms with van der Waals surface area (Å²) in [6.45, 7) is 0.983. The average molecular weight is 359 g/mol. The largest absolute Gasteiger partial charge is 0.395 e. The first-order valence-electron chi connectivity index (χ1n) is 8.28. The molecule has 0 radical (unpaired) electrons. The van der Waals surface area contributed by atoms with Crippen molar-refractivity contribution in [3.63, 3.8) is 0 Å². The lowest BCUT2D eigenvalue weighted by Crippen LogP contribution is -2.34. The third-order valence-electron chi connectivity index (χ3n) is 3.93. The van der Waals surface area contributed by atoms with E-state index in [1.54, 1.807) is 24.4 Å². The highest BCUT2D eigenvalue weighted by Gasteiger charge is 2.24. The second kappa shape index (κ2) is 8.11. The Bertz CT molecular complexity index is 808. The second-order valence-electron chi connectivity index (χ2n) is 5.85. The molecule has 0 saturated carbocycles. The summed E-state index contributed by atoms with van der Waals surface area (Å²) in [5, 5.41) is 3.97. The number of rotatable bonds is 8. The monoisotopic (exact) mass is 359 g/mol. The molecule has 6 nitrogen and oxygen atoms in total. The van der Waals surface area contributed by atoms with E-state index in [0.717, 1.165) is 24.1 Å². The van der Waals surface area contributed by atoms with Gasteiger partial charge in [-0.3, -0.25) is 4.31 Å². The van der Waals surface area contributed by atoms with Crippen molar-refractivity contribution >= 4 is 21.6 Å². The van der Waals surface area contributed by atoms with Gasteiger partial charge in [0.15, 0.2) is 0 Å². The van der Waals surface area contributed by atoms with Crippen LogP contribution >= 0.6 is 0 Å². The van der Waals surface area contributed by atoms with Gasteiger partial charge in [-0.15, -0.1) is 0 Å². The van der Waals surface area contributed by atoms with Gasteiger partial charge in [0.1, 0.15) is 12.4 Å². The quantitative estimate of drug-likeness (QED) is 0.726. The van der Waals surface area contributed by atoms with Crippen LogP contribution in [0.3, 0.4) is 0 Å². The fourth-order valence-electron chi connectivity index (χ4n) is 2.70. The van der Waals surface area contributed by atoms with Crippen molar-refractivity contribution in [1.82, 2.24) is 4.98 Å². The van der Waals surface area contributed by atoms with Crippen LogP contribution in [-0.4, -0.2) is 32.3 Å². The first-order chi connectivity index (χ1) is 12.1. The summed E-state index contributed by atoms with van der Waals surface area (Å²) in [6.07, 6.45) is 3.83. The fraction of sp³-hybridized carbons (Fsp3) is 0.333. The van der Waals surface area contributed by atoms with Gasteiger partial charge in [-0.05, 0) is 30.5 Å². The minimum absolute atomic E-state index is 0.0472. The van der Waals surface area contributed by atoms with Crippen molar-refractivity contribution in [2.45, 2.75) is 25.0 Å². The van der Waals surface area contributed by atoms with Crippen molar-refractivity contribution in [1.29, 1.82) is 0 Å². The summed E-state index contributed by atoms with van der Waals surface area (Å²) >= 11 is 0. The number of hydrogen-bond acceptors (Lipinski definition) is 5. The molecule has 2 heterocycles. The summed E-state index contributed by atoms with van der Waals surface area (Å²) in [4.78, 5) is 9.22. The molecule has 1 aliphatic heterocycles. The van der Waals surface area contributed by atoms with Crippen molar-refractivity contribution in [3.8, 4) is 0 Å². The highest BCUT2D eigenvalue weighted by molar-refractivity contribution is 7.92. The number of sulfonamides is 1. The van der Waals surface area contributed by atoms with E-state index in [9.17, 15) is 8.42 Å². The van der Waals surface area contributed by atoms with Crippen LogP contribution in [0.5, 0.6) is 0 Å². The van der Waals surface area contributed by atoms with Crippen molar-refractivity contribution < 1.29 is 13.3 Å². The molecule has 1 aromatic heterocycles. The summed E-state index contributed by atoms with van der Waals surface area (Å²) in [5.74, 6) is 0.400. The third-order valence-corrected chi connectivity index (χ3v) is 5.67. The van der Waals surface area contributed by atoms with Crippen LogP contribution in [-0.2, 0) is 20.6 Å². The molecule has 0 bridgehead atoms. The molecule has 0 fully saturated rings. The van der Waals surface area contributed by atoms with E-state index in [1.165, 1.54) is 4.31 Å². The number of hydrogen-bond donors (Lipinski definition) is 0. The van der Waals surface area contributed by atoms with Crippen LogP contribution in [0.4, 0.5) is 5.82 Å². The lowest BCUT2D eigenvalue weighted by molar-refractivity contribution is 0.173. The van der Waals surface area contributed by atoms with Crippen LogP contribution in [0.1, 0.15) is 24.8 Å². The molecule has 1 aliphatic rings. The predicted octanol–water partition coefficient (Wildman–Crippen LogP) is 2.97. The Morgan fingerprint density at radius 3 is 2.56 bits per heavy atom. The van der Waals surface area contributed by atoms with Gasteiger partial charge >= 0.3 is 0 Å². The van der Waals surface area contributed by atoms with Gasteiger partial charge in [0.2, 0.25) is 10.0 Å². The molecule has 3 rings (SSSR count). The van der Waals surface area contributed by atoms with Gasteiger partial charge in [0.25, 0.3) is 0 Å². The molecule has 0 unspecified atom stereocenters. The van der Waals surface area contributed by atoms with E-state index < -0.39 is 10.0 Å². The molecule has 2 aromatic rings. The molecule has 25 heavy (non-hydrogen) atoms. The Labute approximate surface area is 148 Å². The summed E-state index contributed by atoms with van der Waals surface area (Å²) in [5.41, 5.74) is 1.75. The third kappa shape index (κ3) is 4.79. The first-order valence-corrected chi connectivity index (χ1v) is 9.89. The summed E-state index contributed by atoms with van der Waals surface area (Å²) in [6, 6.07) is 14.5. The maximum absolute atomic E-state index is 13.0. The molecule has 0 spiro atoms. The second-order valence-corrected chi connectivity index (χ2v) is 7.74. The molecule has 1 aromatic carbocycles. The maximum atomic E-state index is 13.0. The van der Waals surface area contributed by atoms with Gasteiger partial charge in [0, 0.05) is 19.2 Å². The molecule has 7 heteroatoms. The molecule has 0 N–H and O–H groups in total. The lowest BCUT2D eigenvalue weighted by atomic mass is 10.1. The van der Waals surface area contributed by atoms with Crippen LogP contribution in [0.2, 0.25) is 0 Å². The first kappa shape index (κ1) is 17.4. The Kier molecular flexibility index (Phi) is 5.65. The highest BCUT2D eigenvalue weighted by Crippen LogP contribution is 2.19. The van der Waals surface area contributed by atoms with E-state index in [0.29, 0.717) is 25.4 Å². The number of anilines is 1. The number of aromatic nitrogens is 1. The van der Waals surface area contributed by atoms with Crippen molar-refractivity contribution in [2.75, 3.05) is 17.5 Å². The van der Waals surface area contributed by atoms with Gasteiger partial charge in [0.05, 0.1) is 11.5 Å². The lowest BCUT2D eigenvalue weighted by Gasteiger charge is -2.23. The molecule has 0 saturated heterocycles. The Morgan fingerprint density at radius 2 is 1.88 bits per heavy atom. The standard InChI is InChI=1S/C18H21N3O3S/c22-25(23,15-16-7-2-1-3-8-16)21(18-10-4-5-12-19-18)13-6-9-17-11-14-24-20-17/h1-5,7-8,10,12H,6,9,11,13-15H2. The van der Waals surface area contributed by atoms with Gasteiger partial charge in [-0.25, -0.2) is 13.4 Å². The minimum atomic E-state index is -3.52. The number of nitrogens with zero attached hydrogens (tertiary/aromatic N) is 3. The van der Waals surface area contributed by atoms with Crippen molar-refractivity contribution in [3.05, 3.63) is 60.3 Å². The van der Waals surface area contributed by atoms with E-state index in [2.05, 4.69) is 10.1 Å². The van der Waals surface area contributed by atoms with Gasteiger partial charge < -0.3 is 4.84 Å². The fourth-order valence-corrected chi connectivity index (χ4v) is 4.27. The summed E-state index contributed by atoms with van der Waals surface area (Å²) < 4.78 is 27.3. The molecular weight excluding hydrogens is 338 g/mol. The van der Waals surface area contributed by atoms with Crippen LogP contribution in [0.25, 0.3) is 0 Å². The highest BCUT2D eigenvalue weighted by atomic mass is 32.2. The summed E-state index contributed by atoms with van der Waals surface area (Å²) in [7, 11) is -3.52. The number of pyridine rings is 1. The molecular formula is C18H21N3O3S. The topological polar surface area (TPSA) is 71.9 Å². The smallest absolute Gasteiger partial charge is 0.240 e. The van der Waals surface area contributed by atoms with Crippen molar-refractivity contribution in [2.24, 2.45) is 5.16 Å². The minimum Gasteiger partial charge on any atom is -0.395 e. The maximum Gasteiger partial charge on any atom is 0.240 e. The van der Waals surface area contributed by atoms with E-state index in [4.69, 9.17) is 4.84 Å². The SMILES string of the molecule is O=S(=O)(Cc1ccccc1)N(CCCC1=NOCC1)c1ccccn1. The van der Waals surface area contributed by atoms with Gasteiger partial charge in [-0.1, -0.05) is 41.6 Å². The van der Waals surface area contributed by atoms with Gasteiger partial charge in [-0.2, -0.15) is 0 Å². The molecule has 0 aliphatic carbocycles. The van der Waals surface area contributed by atoms with Crippen LogP contribution in [0.15, 0.2) is 59.9 Å². The average Bonchev–Trinajstić information content (AvgIpc) is 3.13. The normalized spacial score (nSPS) is 14.0. The Balaban J connectivity index is 1.75. The van der Waals surface area contributed by atoms with E-state index in [-0.39, 0.29) is 5.75 Å². The number of oxime groups is 1. The van der Waals surface area contributed by atoms with Crippen LogP contribution < -0.4 is 4.31 Å². The number of benzene rings is 1. The predicted molar refractivity (Wildman–Crippen MR) is 97.9 cm³/mol. The molecule has 0 atom stereocenters. The Morgan fingerprint density at radius 1 is 1.08 bits per heavy atom. The van der Waals surface area contributed by atoms with Crippen LogP contribution in [0, 0.1) is 0 Å². The van der Waals surface area contributed by atoms with E-state index >= 15 is 0 Å². The zero-order chi connectivity index (χ0) is 17.5. The zero-order valence-corrected chi connectivity index (χ0v) is 14.7.